The molecular formula is C40H56Sn. The second kappa shape index (κ2) is 22.4. The van der Waals surface area contributed by atoms with Gasteiger partial charge in [0.1, 0.15) is 0 Å². The molecule has 0 fully saturated rings. The molecule has 0 bridgehead atoms. The molecule has 0 radical (unpaired) electrons. The quantitative estimate of drug-likeness (QED) is 0.0852. The van der Waals surface area contributed by atoms with E-state index < -0.39 is 18.4 Å². The van der Waals surface area contributed by atoms with E-state index in [0.29, 0.717) is 0 Å². The summed E-state index contributed by atoms with van der Waals surface area (Å²) in [6.07, 6.45) is 26.1. The van der Waals surface area contributed by atoms with Crippen LogP contribution in [0.5, 0.6) is 0 Å². The topological polar surface area (TPSA) is 0 Å². The molecule has 0 saturated heterocycles. The van der Waals surface area contributed by atoms with Crippen molar-refractivity contribution in [2.24, 2.45) is 0 Å². The third-order valence-corrected chi connectivity index (χ3v) is 23.4. The van der Waals surface area contributed by atoms with Crippen LogP contribution in [0.3, 0.4) is 0 Å². The molecule has 2 rings (SSSR count). The molecule has 0 aliphatic carbocycles. The van der Waals surface area contributed by atoms with Crippen molar-refractivity contribution >= 4 is 37.7 Å². The molecule has 2 aromatic rings. The Bertz CT molecular complexity index is 1070. The molecular weight excluding hydrogens is 599 g/mol. The molecule has 0 heterocycles. The van der Waals surface area contributed by atoms with E-state index in [1.54, 1.807) is 7.16 Å². The number of hydrogen-bond donors (Lipinski definition) is 0. The van der Waals surface area contributed by atoms with Crippen molar-refractivity contribution in [1.82, 2.24) is 0 Å². The maximum atomic E-state index is 3.39. The van der Waals surface area contributed by atoms with Gasteiger partial charge >= 0.3 is 260 Å². The van der Waals surface area contributed by atoms with E-state index >= 15 is 0 Å². The molecule has 0 amide bonds. The average molecular weight is 656 g/mol. The first-order valence-corrected chi connectivity index (χ1v) is 23.6. The molecule has 0 aromatic heterocycles. The summed E-state index contributed by atoms with van der Waals surface area (Å²) in [6, 6.07) is 18.6. The minimum atomic E-state index is -3.09. The van der Waals surface area contributed by atoms with Crippen LogP contribution in [0.4, 0.5) is 0 Å². The fourth-order valence-corrected chi connectivity index (χ4v) is 22.3. The molecule has 220 valence electrons. The minimum absolute atomic E-state index is 1.00. The predicted molar refractivity (Wildman–Crippen MR) is 188 cm³/mol. The third kappa shape index (κ3) is 12.7. The van der Waals surface area contributed by atoms with E-state index in [0.717, 1.165) is 12.8 Å². The number of benzene rings is 2. The Balaban J connectivity index is 2.46. The predicted octanol–water partition coefficient (Wildman–Crippen LogP) is 10.8. The summed E-state index contributed by atoms with van der Waals surface area (Å²) in [5, 5.41) is 0. The van der Waals surface area contributed by atoms with Crippen LogP contribution in [-0.2, 0) is 0 Å². The maximum absolute atomic E-state index is 3.39. The Kier molecular flexibility index (Phi) is 19.2. The molecule has 0 atom stereocenters. The Labute approximate surface area is 258 Å². The Morgan fingerprint density at radius 3 is 1.34 bits per heavy atom. The van der Waals surface area contributed by atoms with Crippen molar-refractivity contribution in [3.8, 4) is 23.7 Å². The van der Waals surface area contributed by atoms with E-state index in [4.69, 9.17) is 0 Å². The van der Waals surface area contributed by atoms with Crippen molar-refractivity contribution in [2.75, 3.05) is 0 Å². The van der Waals surface area contributed by atoms with Crippen LogP contribution in [0.25, 0.3) is 12.2 Å². The van der Waals surface area contributed by atoms with Crippen LogP contribution in [0.15, 0.2) is 60.7 Å². The van der Waals surface area contributed by atoms with E-state index in [9.17, 15) is 0 Å². The van der Waals surface area contributed by atoms with Gasteiger partial charge in [0.15, 0.2) is 0 Å². The average Bonchev–Trinajstić information content (AvgIpc) is 3.01. The van der Waals surface area contributed by atoms with E-state index in [1.165, 1.54) is 97.1 Å². The molecule has 2 aromatic carbocycles. The number of unbranched alkanes of at least 4 members (excludes halogenated alkanes) is 10. The van der Waals surface area contributed by atoms with Crippen LogP contribution in [0.1, 0.15) is 129 Å². The summed E-state index contributed by atoms with van der Waals surface area (Å²) >= 11 is -3.09. The SMILES string of the molecule is CCCCCCC#C/C=C\c1cccc[c]1[Sn]([CH2]CCC)([CH2]CCC)[c]1ccccc1/C=C\C#CCCCCCC. The van der Waals surface area contributed by atoms with Crippen molar-refractivity contribution in [3.63, 3.8) is 0 Å². The second-order valence-electron chi connectivity index (χ2n) is 11.4. The van der Waals surface area contributed by atoms with Crippen LogP contribution in [0.2, 0.25) is 8.87 Å². The Morgan fingerprint density at radius 1 is 0.512 bits per heavy atom. The van der Waals surface area contributed by atoms with Gasteiger partial charge in [0, 0.05) is 0 Å². The zero-order valence-corrected chi connectivity index (χ0v) is 29.6. The van der Waals surface area contributed by atoms with Crippen molar-refractivity contribution in [2.45, 2.75) is 126 Å². The summed E-state index contributed by atoms with van der Waals surface area (Å²) in [4.78, 5) is 0. The third-order valence-electron chi connectivity index (χ3n) is 8.07. The number of rotatable bonds is 18. The molecule has 0 spiro atoms. The van der Waals surface area contributed by atoms with Crippen molar-refractivity contribution in [1.29, 1.82) is 0 Å². The first kappa shape index (κ1) is 35.0. The molecule has 41 heavy (non-hydrogen) atoms. The van der Waals surface area contributed by atoms with Crippen LogP contribution >= 0.6 is 0 Å². The van der Waals surface area contributed by atoms with Crippen LogP contribution < -0.4 is 7.16 Å². The molecule has 1 heteroatoms. The molecule has 0 nitrogen and oxygen atoms in total. The standard InChI is InChI=1S/2C16H19.2C4H9.Sn/c2*1-2-3-4-5-6-7-8-10-13-16-14-11-9-12-15-16;2*1-3-4-2;/h2*9-14H,2-6H2,1H3;2*1,3-4H2,2H3;/b2*13-10-;;;. The Hall–Kier alpha value is -2.16. The molecule has 0 N–H and O–H groups in total. The first-order chi connectivity index (χ1) is 20.2. The first-order valence-electron chi connectivity index (χ1n) is 16.7. The monoisotopic (exact) mass is 656 g/mol. The zero-order valence-electron chi connectivity index (χ0n) is 26.7. The van der Waals surface area contributed by atoms with Crippen LogP contribution in [0, 0.1) is 23.7 Å². The van der Waals surface area contributed by atoms with Crippen molar-refractivity contribution in [3.05, 3.63) is 71.8 Å². The van der Waals surface area contributed by atoms with Gasteiger partial charge in [0.25, 0.3) is 0 Å². The zero-order chi connectivity index (χ0) is 29.4. The summed E-state index contributed by atoms with van der Waals surface area (Å²) in [7, 11) is 0. The number of hydrogen-bond acceptors (Lipinski definition) is 0. The summed E-state index contributed by atoms with van der Waals surface area (Å²) in [5.41, 5.74) is 2.78. The van der Waals surface area contributed by atoms with Gasteiger partial charge < -0.3 is 0 Å². The van der Waals surface area contributed by atoms with E-state index in [1.807, 2.05) is 0 Å². The van der Waals surface area contributed by atoms with Gasteiger partial charge in [-0.3, -0.25) is 0 Å². The fourth-order valence-electron chi connectivity index (χ4n) is 5.73. The second-order valence-corrected chi connectivity index (χ2v) is 23.5. The molecule has 0 aliphatic rings. The van der Waals surface area contributed by atoms with Gasteiger partial charge in [-0.05, 0) is 0 Å². The van der Waals surface area contributed by atoms with Gasteiger partial charge in [-0.25, -0.2) is 0 Å². The van der Waals surface area contributed by atoms with Gasteiger partial charge in [0.05, 0.1) is 0 Å². The summed E-state index contributed by atoms with van der Waals surface area (Å²) in [6.45, 7) is 9.22. The van der Waals surface area contributed by atoms with E-state index in [2.05, 4.69) is 124 Å². The number of allylic oxidation sites excluding steroid dienone is 2. The molecule has 0 saturated carbocycles. The summed E-state index contributed by atoms with van der Waals surface area (Å²) in [5.74, 6) is 13.5. The van der Waals surface area contributed by atoms with Gasteiger partial charge in [-0.1, -0.05) is 0 Å². The normalized spacial score (nSPS) is 11.4. The van der Waals surface area contributed by atoms with Gasteiger partial charge in [0.2, 0.25) is 0 Å². The van der Waals surface area contributed by atoms with Crippen LogP contribution in [-0.4, -0.2) is 18.4 Å². The fraction of sp³-hybridized carbons (Fsp3) is 0.500. The van der Waals surface area contributed by atoms with Crippen molar-refractivity contribution < 1.29 is 0 Å². The molecule has 0 unspecified atom stereocenters. The van der Waals surface area contributed by atoms with E-state index in [-0.39, 0.29) is 0 Å². The Morgan fingerprint density at radius 2 is 0.927 bits per heavy atom. The van der Waals surface area contributed by atoms with Gasteiger partial charge in [-0.15, -0.1) is 0 Å². The summed E-state index contributed by atoms with van der Waals surface area (Å²) < 4.78 is 6.00. The molecule has 0 aliphatic heterocycles. The van der Waals surface area contributed by atoms with Gasteiger partial charge in [-0.2, -0.15) is 0 Å².